The highest BCUT2D eigenvalue weighted by molar-refractivity contribution is 6.19. The van der Waals surface area contributed by atoms with E-state index < -0.39 is 0 Å². The number of phenols is 1. The second kappa shape index (κ2) is 13.9. The molecule has 0 aliphatic carbocycles. The van der Waals surface area contributed by atoms with Crippen molar-refractivity contribution in [3.63, 3.8) is 0 Å². The van der Waals surface area contributed by atoms with Crippen molar-refractivity contribution >= 4 is 11.6 Å². The average Bonchev–Trinajstić information content (AvgIpc) is 2.65. The molecule has 2 aromatic rings. The number of ether oxygens (including phenoxy) is 1. The fraction of sp³-hybridized carbons (Fsp3) is 0.458. The van der Waals surface area contributed by atoms with Crippen molar-refractivity contribution in [2.24, 2.45) is 0 Å². The highest BCUT2D eigenvalue weighted by Crippen LogP contribution is 2.27. The number of alkyl halides is 1. The SMILES string of the molecule is CCOc1ccc(C)cc1C(C)C.Cc1ccc(O)c(C(C)C)c1.N#CCCl. The number of aromatic hydroxyl groups is 1. The fourth-order valence-electron chi connectivity index (χ4n) is 2.54. The van der Waals surface area contributed by atoms with E-state index in [0.717, 1.165) is 17.9 Å². The summed E-state index contributed by atoms with van der Waals surface area (Å²) < 4.78 is 5.55. The van der Waals surface area contributed by atoms with E-state index in [1.165, 1.54) is 16.7 Å². The van der Waals surface area contributed by atoms with E-state index in [0.29, 0.717) is 17.6 Å². The molecule has 3 nitrogen and oxygen atoms in total. The molecule has 0 bridgehead atoms. The van der Waals surface area contributed by atoms with Crippen LogP contribution in [0.5, 0.6) is 11.5 Å². The summed E-state index contributed by atoms with van der Waals surface area (Å²) in [4.78, 5) is 0. The second-order valence-corrected chi connectivity index (χ2v) is 7.40. The number of hydrogen-bond donors (Lipinski definition) is 1. The van der Waals surface area contributed by atoms with Gasteiger partial charge in [0.1, 0.15) is 17.4 Å². The van der Waals surface area contributed by atoms with Crippen molar-refractivity contribution < 1.29 is 9.84 Å². The highest BCUT2D eigenvalue weighted by Gasteiger charge is 2.07. The Morgan fingerprint density at radius 1 is 0.964 bits per heavy atom. The third kappa shape index (κ3) is 9.67. The van der Waals surface area contributed by atoms with Crippen LogP contribution in [0.3, 0.4) is 0 Å². The number of rotatable bonds is 4. The average molecular weight is 404 g/mol. The van der Waals surface area contributed by atoms with Gasteiger partial charge in [-0.1, -0.05) is 63.1 Å². The summed E-state index contributed by atoms with van der Waals surface area (Å²) in [5.74, 6) is 2.46. The van der Waals surface area contributed by atoms with Gasteiger partial charge in [-0.25, -0.2) is 0 Å². The molecule has 28 heavy (non-hydrogen) atoms. The second-order valence-electron chi connectivity index (χ2n) is 7.14. The summed E-state index contributed by atoms with van der Waals surface area (Å²) in [6.07, 6.45) is 0. The van der Waals surface area contributed by atoms with Gasteiger partial charge in [0.25, 0.3) is 0 Å². The molecule has 0 atom stereocenters. The van der Waals surface area contributed by atoms with E-state index in [1.807, 2.05) is 26.0 Å². The number of aryl methyl sites for hydroxylation is 2. The molecule has 0 aliphatic heterocycles. The quantitative estimate of drug-likeness (QED) is 0.554. The first kappa shape index (κ1) is 25.8. The van der Waals surface area contributed by atoms with E-state index in [-0.39, 0.29) is 5.88 Å². The Morgan fingerprint density at radius 3 is 1.82 bits per heavy atom. The van der Waals surface area contributed by atoms with Crippen molar-refractivity contribution in [1.29, 1.82) is 5.26 Å². The topological polar surface area (TPSA) is 53.2 Å². The Hall–Kier alpha value is -2.18. The summed E-state index contributed by atoms with van der Waals surface area (Å²) in [6, 6.07) is 13.8. The van der Waals surface area contributed by atoms with Gasteiger partial charge in [0.15, 0.2) is 0 Å². The fourth-order valence-corrected chi connectivity index (χ4v) is 2.54. The van der Waals surface area contributed by atoms with Crippen LogP contribution in [0.2, 0.25) is 0 Å². The number of hydrogen-bond acceptors (Lipinski definition) is 3. The van der Waals surface area contributed by atoms with Crippen LogP contribution >= 0.6 is 11.6 Å². The van der Waals surface area contributed by atoms with Crippen molar-refractivity contribution in [3.05, 3.63) is 58.7 Å². The lowest BCUT2D eigenvalue weighted by atomic mass is 10.00. The number of halogens is 1. The summed E-state index contributed by atoms with van der Waals surface area (Å²) >= 11 is 4.82. The minimum Gasteiger partial charge on any atom is -0.508 e. The maximum absolute atomic E-state index is 9.41. The van der Waals surface area contributed by atoms with Crippen LogP contribution in [0.25, 0.3) is 0 Å². The van der Waals surface area contributed by atoms with Crippen LogP contribution < -0.4 is 4.74 Å². The smallest absolute Gasteiger partial charge is 0.122 e. The maximum atomic E-state index is 9.41. The predicted molar refractivity (Wildman–Crippen MR) is 120 cm³/mol. The molecule has 0 fully saturated rings. The zero-order valence-electron chi connectivity index (χ0n) is 18.2. The van der Waals surface area contributed by atoms with Crippen LogP contribution in [-0.4, -0.2) is 17.6 Å². The first-order valence-electron chi connectivity index (χ1n) is 9.63. The maximum Gasteiger partial charge on any atom is 0.122 e. The van der Waals surface area contributed by atoms with E-state index in [4.69, 9.17) is 21.6 Å². The summed E-state index contributed by atoms with van der Waals surface area (Å²) in [5.41, 5.74) is 4.84. The van der Waals surface area contributed by atoms with Gasteiger partial charge >= 0.3 is 0 Å². The molecule has 0 amide bonds. The van der Waals surface area contributed by atoms with Gasteiger partial charge in [-0.3, -0.25) is 0 Å². The van der Waals surface area contributed by atoms with Gasteiger partial charge in [0, 0.05) is 0 Å². The Bertz CT molecular complexity index is 749. The molecule has 0 saturated heterocycles. The molecule has 0 aromatic heterocycles. The lowest BCUT2D eigenvalue weighted by Gasteiger charge is -2.13. The van der Waals surface area contributed by atoms with Crippen LogP contribution in [0.1, 0.15) is 68.7 Å². The lowest BCUT2D eigenvalue weighted by Crippen LogP contribution is -1.98. The first-order chi connectivity index (χ1) is 13.2. The Labute approximate surface area is 175 Å². The number of benzene rings is 2. The monoisotopic (exact) mass is 403 g/mol. The minimum absolute atomic E-state index is 0.0972. The molecule has 0 heterocycles. The Kier molecular flexibility index (Phi) is 12.8. The molecular formula is C24H34ClNO2. The van der Waals surface area contributed by atoms with Gasteiger partial charge in [-0.15, -0.1) is 11.6 Å². The molecular weight excluding hydrogens is 370 g/mol. The molecule has 1 N–H and O–H groups in total. The normalized spacial score (nSPS) is 9.75. The molecule has 0 saturated carbocycles. The standard InChI is InChI=1S/C12H18O.C10H14O.C2H2ClN/c1-5-13-12-7-6-10(4)8-11(12)9(2)3;1-7(2)9-6-8(3)4-5-10(9)11;3-1-2-4/h6-9H,5H2,1-4H3;4-7,11H,1-3H3;1H2. The zero-order valence-corrected chi connectivity index (χ0v) is 19.0. The molecule has 0 spiro atoms. The van der Waals surface area contributed by atoms with Gasteiger partial charge in [-0.05, 0) is 55.9 Å². The summed E-state index contributed by atoms with van der Waals surface area (Å²) in [6.45, 7) is 15.4. The number of nitriles is 1. The van der Waals surface area contributed by atoms with Gasteiger partial charge in [0.2, 0.25) is 0 Å². The third-order valence-corrected chi connectivity index (χ3v) is 4.07. The molecule has 0 radical (unpaired) electrons. The van der Waals surface area contributed by atoms with E-state index in [9.17, 15) is 5.11 Å². The lowest BCUT2D eigenvalue weighted by molar-refractivity contribution is 0.335. The van der Waals surface area contributed by atoms with E-state index in [2.05, 4.69) is 52.8 Å². The Morgan fingerprint density at radius 2 is 1.43 bits per heavy atom. The predicted octanol–water partition coefficient (Wildman–Crippen LogP) is 7.09. The van der Waals surface area contributed by atoms with Crippen LogP contribution in [0, 0.1) is 25.2 Å². The molecule has 4 heteroatoms. The van der Waals surface area contributed by atoms with E-state index >= 15 is 0 Å². The first-order valence-corrected chi connectivity index (χ1v) is 10.2. The molecule has 154 valence electrons. The summed E-state index contributed by atoms with van der Waals surface area (Å²) in [7, 11) is 0. The van der Waals surface area contributed by atoms with E-state index in [1.54, 1.807) is 12.1 Å². The van der Waals surface area contributed by atoms with Crippen LogP contribution in [0.15, 0.2) is 36.4 Å². The zero-order chi connectivity index (χ0) is 21.7. The van der Waals surface area contributed by atoms with Crippen molar-refractivity contribution in [2.45, 2.75) is 60.3 Å². The number of phenolic OH excluding ortho intramolecular Hbond substituents is 1. The number of nitrogens with zero attached hydrogens (tertiary/aromatic N) is 1. The van der Waals surface area contributed by atoms with Crippen molar-refractivity contribution in [3.8, 4) is 17.6 Å². The molecule has 2 aromatic carbocycles. The van der Waals surface area contributed by atoms with Gasteiger partial charge in [-0.2, -0.15) is 5.26 Å². The molecule has 2 rings (SSSR count). The van der Waals surface area contributed by atoms with Gasteiger partial charge < -0.3 is 9.84 Å². The minimum atomic E-state index is 0.0972. The Balaban J connectivity index is 0.000000442. The van der Waals surface area contributed by atoms with Crippen LogP contribution in [0.4, 0.5) is 0 Å². The van der Waals surface area contributed by atoms with Crippen molar-refractivity contribution in [2.75, 3.05) is 12.5 Å². The third-order valence-electron chi connectivity index (χ3n) is 3.95. The largest absolute Gasteiger partial charge is 0.508 e. The molecule has 0 unspecified atom stereocenters. The molecule has 0 aliphatic rings. The van der Waals surface area contributed by atoms with Crippen LogP contribution in [-0.2, 0) is 0 Å². The highest BCUT2D eigenvalue weighted by atomic mass is 35.5. The van der Waals surface area contributed by atoms with Gasteiger partial charge in [0.05, 0.1) is 12.7 Å². The summed E-state index contributed by atoms with van der Waals surface area (Å²) in [5, 5.41) is 16.9. The van der Waals surface area contributed by atoms with Crippen molar-refractivity contribution in [1.82, 2.24) is 0 Å².